The van der Waals surface area contributed by atoms with E-state index < -0.39 is 17.1 Å². The van der Waals surface area contributed by atoms with Crippen molar-refractivity contribution in [2.45, 2.75) is 44.1 Å². The van der Waals surface area contributed by atoms with E-state index in [0.29, 0.717) is 5.82 Å². The van der Waals surface area contributed by atoms with E-state index in [0.717, 1.165) is 44.7 Å². The van der Waals surface area contributed by atoms with Gasteiger partial charge in [-0.25, -0.2) is 9.78 Å². The first-order chi connectivity index (χ1) is 9.09. The largest absolute Gasteiger partial charge is 0.477 e. The van der Waals surface area contributed by atoms with E-state index >= 15 is 0 Å². The van der Waals surface area contributed by atoms with Crippen LogP contribution >= 0.6 is 0 Å². The molecule has 1 fully saturated rings. The van der Waals surface area contributed by atoms with Crippen LogP contribution in [0.25, 0.3) is 0 Å². The average Bonchev–Trinajstić information content (AvgIpc) is 2.64. The maximum Gasteiger partial charge on any atom is 0.342 e. The van der Waals surface area contributed by atoms with Gasteiger partial charge in [-0.05, 0) is 12.8 Å². The molecule has 2 rings (SSSR count). The average molecular weight is 266 g/mol. The summed E-state index contributed by atoms with van der Waals surface area (Å²) in [5.41, 5.74) is -1.56. The number of carboxylic acid groups (broad SMARTS) is 1. The van der Waals surface area contributed by atoms with Crippen molar-refractivity contribution in [2.24, 2.45) is 0 Å². The molecular weight excluding hydrogens is 248 g/mol. The molecule has 0 atom stereocenters. The van der Waals surface area contributed by atoms with E-state index in [-0.39, 0.29) is 5.56 Å². The van der Waals surface area contributed by atoms with Gasteiger partial charge < -0.3 is 14.8 Å². The van der Waals surface area contributed by atoms with Crippen LogP contribution in [0.1, 0.15) is 54.7 Å². The molecule has 1 saturated carbocycles. The predicted molar refractivity (Wildman–Crippen MR) is 68.2 cm³/mol. The molecule has 0 radical (unpaired) electrons. The van der Waals surface area contributed by atoms with E-state index in [1.807, 2.05) is 0 Å². The van der Waals surface area contributed by atoms with Gasteiger partial charge in [0.2, 0.25) is 0 Å². The van der Waals surface area contributed by atoms with Crippen LogP contribution in [-0.2, 0) is 10.3 Å². The molecule has 0 amide bonds. The number of carbonyl (C=O) groups is 1. The molecule has 19 heavy (non-hydrogen) atoms. The third kappa shape index (κ3) is 2.68. The number of aromatic nitrogens is 2. The number of hydrogen-bond donors (Lipinski definition) is 2. The van der Waals surface area contributed by atoms with Crippen LogP contribution in [0, 0.1) is 0 Å². The standard InChI is InChI=1S/C13H18N2O4/c1-19-13(6-4-2-3-5-7-13)12-14-8-9(11(17)18)10(16)15-12/h8H,2-7H2,1H3,(H,17,18)(H,14,15,16). The molecule has 1 aromatic rings. The topological polar surface area (TPSA) is 92.3 Å². The Morgan fingerprint density at radius 1 is 1.37 bits per heavy atom. The van der Waals surface area contributed by atoms with Crippen molar-refractivity contribution >= 4 is 5.97 Å². The van der Waals surface area contributed by atoms with Crippen LogP contribution in [0.15, 0.2) is 11.0 Å². The van der Waals surface area contributed by atoms with Gasteiger partial charge >= 0.3 is 5.97 Å². The second kappa shape index (κ2) is 5.52. The molecule has 1 aliphatic carbocycles. The fourth-order valence-electron chi connectivity index (χ4n) is 2.62. The minimum absolute atomic E-state index is 0.344. The summed E-state index contributed by atoms with van der Waals surface area (Å²) in [6, 6.07) is 0. The Kier molecular flexibility index (Phi) is 3.99. The normalized spacial score (nSPS) is 18.8. The van der Waals surface area contributed by atoms with E-state index in [1.54, 1.807) is 7.11 Å². The van der Waals surface area contributed by atoms with Gasteiger partial charge in [0.05, 0.1) is 0 Å². The van der Waals surface area contributed by atoms with E-state index in [4.69, 9.17) is 9.84 Å². The number of aromatic amines is 1. The van der Waals surface area contributed by atoms with Crippen LogP contribution in [0.2, 0.25) is 0 Å². The predicted octanol–water partition coefficient (Wildman–Crippen LogP) is 1.66. The SMILES string of the molecule is COC1(c2ncc(C(=O)O)c(=O)[nH]2)CCCCCC1. The first-order valence-corrected chi connectivity index (χ1v) is 6.47. The molecule has 6 nitrogen and oxygen atoms in total. The number of aromatic carboxylic acids is 1. The summed E-state index contributed by atoms with van der Waals surface area (Å²) in [7, 11) is 1.61. The lowest BCUT2D eigenvalue weighted by Crippen LogP contribution is -2.33. The van der Waals surface area contributed by atoms with Crippen LogP contribution in [0.5, 0.6) is 0 Å². The second-order valence-corrected chi connectivity index (χ2v) is 4.89. The Morgan fingerprint density at radius 2 is 2.00 bits per heavy atom. The van der Waals surface area contributed by atoms with Gasteiger partial charge in [-0.15, -0.1) is 0 Å². The zero-order valence-corrected chi connectivity index (χ0v) is 10.9. The van der Waals surface area contributed by atoms with Crippen LogP contribution < -0.4 is 5.56 Å². The lowest BCUT2D eigenvalue weighted by atomic mass is 9.93. The minimum Gasteiger partial charge on any atom is -0.477 e. The second-order valence-electron chi connectivity index (χ2n) is 4.89. The van der Waals surface area contributed by atoms with Gasteiger partial charge in [0.25, 0.3) is 5.56 Å². The molecule has 1 aromatic heterocycles. The third-order valence-electron chi connectivity index (χ3n) is 3.76. The summed E-state index contributed by atoms with van der Waals surface area (Å²) < 4.78 is 5.62. The molecular formula is C13H18N2O4. The van der Waals surface area contributed by atoms with E-state index in [2.05, 4.69) is 9.97 Å². The summed E-state index contributed by atoms with van der Waals surface area (Å²) in [5.74, 6) is -0.834. The van der Waals surface area contributed by atoms with Gasteiger partial charge in [-0.1, -0.05) is 25.7 Å². The molecule has 0 aliphatic heterocycles. The Hall–Kier alpha value is -1.69. The number of ether oxygens (including phenoxy) is 1. The van der Waals surface area contributed by atoms with Crippen molar-refractivity contribution in [3.05, 3.63) is 27.9 Å². The number of H-pyrrole nitrogens is 1. The Morgan fingerprint density at radius 3 is 2.47 bits per heavy atom. The quantitative estimate of drug-likeness (QED) is 0.812. The smallest absolute Gasteiger partial charge is 0.342 e. The van der Waals surface area contributed by atoms with Gasteiger partial charge in [0.15, 0.2) is 0 Å². The zero-order valence-electron chi connectivity index (χ0n) is 10.9. The highest BCUT2D eigenvalue weighted by atomic mass is 16.5. The number of carboxylic acids is 1. The Balaban J connectivity index is 2.40. The van der Waals surface area contributed by atoms with Gasteiger partial charge in [-0.3, -0.25) is 4.79 Å². The summed E-state index contributed by atoms with van der Waals surface area (Å²) >= 11 is 0. The van der Waals surface area contributed by atoms with Crippen LogP contribution in [-0.4, -0.2) is 28.2 Å². The van der Waals surface area contributed by atoms with Crippen molar-refractivity contribution < 1.29 is 14.6 Å². The molecule has 1 aliphatic rings. The van der Waals surface area contributed by atoms with Crippen molar-refractivity contribution in [1.29, 1.82) is 0 Å². The fraction of sp³-hybridized carbons (Fsp3) is 0.615. The van der Waals surface area contributed by atoms with Crippen molar-refractivity contribution in [1.82, 2.24) is 9.97 Å². The first-order valence-electron chi connectivity index (χ1n) is 6.47. The maximum absolute atomic E-state index is 11.7. The lowest BCUT2D eigenvalue weighted by Gasteiger charge is -2.30. The van der Waals surface area contributed by atoms with Crippen LogP contribution in [0.4, 0.5) is 0 Å². The maximum atomic E-state index is 11.7. The molecule has 6 heteroatoms. The molecule has 104 valence electrons. The van der Waals surface area contributed by atoms with Crippen molar-refractivity contribution in [3.8, 4) is 0 Å². The molecule has 0 spiro atoms. The lowest BCUT2D eigenvalue weighted by molar-refractivity contribution is -0.0354. The molecule has 0 unspecified atom stereocenters. The van der Waals surface area contributed by atoms with Crippen molar-refractivity contribution in [3.63, 3.8) is 0 Å². The highest BCUT2D eigenvalue weighted by molar-refractivity contribution is 5.86. The van der Waals surface area contributed by atoms with Crippen LogP contribution in [0.3, 0.4) is 0 Å². The third-order valence-corrected chi connectivity index (χ3v) is 3.76. The highest BCUT2D eigenvalue weighted by Crippen LogP contribution is 2.36. The van der Waals surface area contributed by atoms with E-state index in [1.165, 1.54) is 0 Å². The number of methoxy groups -OCH3 is 1. The Labute approximate surface area is 110 Å². The molecule has 2 N–H and O–H groups in total. The molecule has 0 aromatic carbocycles. The minimum atomic E-state index is -1.27. The van der Waals surface area contributed by atoms with Gasteiger partial charge in [0, 0.05) is 13.3 Å². The fourth-order valence-corrected chi connectivity index (χ4v) is 2.62. The molecule has 0 bridgehead atoms. The van der Waals surface area contributed by atoms with Gasteiger partial charge in [-0.2, -0.15) is 0 Å². The van der Waals surface area contributed by atoms with E-state index in [9.17, 15) is 9.59 Å². The summed E-state index contributed by atoms with van der Waals surface area (Å²) in [5, 5.41) is 8.84. The van der Waals surface area contributed by atoms with Gasteiger partial charge in [0.1, 0.15) is 17.0 Å². The Bertz CT molecular complexity index is 516. The highest BCUT2D eigenvalue weighted by Gasteiger charge is 2.35. The number of rotatable bonds is 3. The zero-order chi connectivity index (χ0) is 13.9. The molecule has 1 heterocycles. The molecule has 0 saturated heterocycles. The monoisotopic (exact) mass is 266 g/mol. The van der Waals surface area contributed by atoms with Crippen molar-refractivity contribution in [2.75, 3.05) is 7.11 Å². The summed E-state index contributed by atoms with van der Waals surface area (Å²) in [4.78, 5) is 29.2. The number of nitrogens with one attached hydrogen (secondary N) is 1. The first kappa shape index (κ1) is 13.7. The number of nitrogens with zero attached hydrogens (tertiary/aromatic N) is 1. The number of hydrogen-bond acceptors (Lipinski definition) is 4. The summed E-state index contributed by atoms with van der Waals surface area (Å²) in [6.07, 6.45) is 7.00. The summed E-state index contributed by atoms with van der Waals surface area (Å²) in [6.45, 7) is 0.